The van der Waals surface area contributed by atoms with Crippen molar-refractivity contribution in [1.82, 2.24) is 5.32 Å². The van der Waals surface area contributed by atoms with Crippen LogP contribution >= 0.6 is 0 Å². The fourth-order valence-electron chi connectivity index (χ4n) is 1.07. The Labute approximate surface area is 94.3 Å². The minimum atomic E-state index is -0.187. The number of nitrogens with one attached hydrogen (secondary N) is 1. The van der Waals surface area contributed by atoms with Crippen molar-refractivity contribution in [3.63, 3.8) is 0 Å². The lowest BCUT2D eigenvalue weighted by Gasteiger charge is -2.01. The van der Waals surface area contributed by atoms with Gasteiger partial charge >= 0.3 is 0 Å². The summed E-state index contributed by atoms with van der Waals surface area (Å²) in [5, 5.41) is 6.19. The Balaban J connectivity index is 2.68. The fourth-order valence-corrected chi connectivity index (χ4v) is 1.07. The van der Waals surface area contributed by atoms with Crippen LogP contribution in [0.25, 0.3) is 0 Å². The SMILES string of the molecule is C#CCNC(=O)c1ccc(/C=N/OC)cc1. The highest BCUT2D eigenvalue weighted by atomic mass is 16.6. The fraction of sp³-hybridized carbons (Fsp3) is 0.167. The number of terminal acetylenes is 1. The maximum Gasteiger partial charge on any atom is 0.252 e. The van der Waals surface area contributed by atoms with Crippen LogP contribution in [0.5, 0.6) is 0 Å². The zero-order valence-corrected chi connectivity index (χ0v) is 8.93. The van der Waals surface area contributed by atoms with Crippen LogP contribution < -0.4 is 5.32 Å². The molecule has 0 aromatic heterocycles. The van der Waals surface area contributed by atoms with E-state index in [4.69, 9.17) is 6.42 Å². The lowest BCUT2D eigenvalue weighted by atomic mass is 10.1. The van der Waals surface area contributed by atoms with Crippen LogP contribution in [-0.2, 0) is 4.84 Å². The molecule has 4 heteroatoms. The van der Waals surface area contributed by atoms with Gasteiger partial charge in [-0.2, -0.15) is 0 Å². The first-order chi connectivity index (χ1) is 7.77. The molecule has 1 amide bonds. The maximum atomic E-state index is 11.5. The zero-order valence-electron chi connectivity index (χ0n) is 8.93. The van der Waals surface area contributed by atoms with E-state index in [0.717, 1.165) is 5.56 Å². The van der Waals surface area contributed by atoms with Crippen LogP contribution in [0.15, 0.2) is 29.4 Å². The molecule has 1 rings (SSSR count). The monoisotopic (exact) mass is 216 g/mol. The van der Waals surface area contributed by atoms with Crippen LogP contribution in [0.1, 0.15) is 15.9 Å². The number of carbonyl (C=O) groups is 1. The van der Waals surface area contributed by atoms with E-state index in [0.29, 0.717) is 5.56 Å². The Hall–Kier alpha value is -2.28. The van der Waals surface area contributed by atoms with E-state index < -0.39 is 0 Å². The summed E-state index contributed by atoms with van der Waals surface area (Å²) in [5.74, 6) is 2.15. The molecule has 1 N–H and O–H groups in total. The highest BCUT2D eigenvalue weighted by Crippen LogP contribution is 2.02. The molecule has 0 aliphatic carbocycles. The molecule has 1 aromatic carbocycles. The summed E-state index contributed by atoms with van der Waals surface area (Å²) in [6.07, 6.45) is 6.60. The second-order valence-corrected chi connectivity index (χ2v) is 2.93. The lowest BCUT2D eigenvalue weighted by molar-refractivity contribution is 0.0958. The van der Waals surface area contributed by atoms with Crippen LogP contribution in [0.4, 0.5) is 0 Å². The van der Waals surface area contributed by atoms with Crippen LogP contribution in [-0.4, -0.2) is 25.8 Å². The third-order valence-electron chi connectivity index (χ3n) is 1.83. The van der Waals surface area contributed by atoms with Crippen molar-refractivity contribution in [2.24, 2.45) is 5.16 Å². The summed E-state index contributed by atoms with van der Waals surface area (Å²) >= 11 is 0. The maximum absolute atomic E-state index is 11.5. The first kappa shape index (κ1) is 11.8. The number of nitrogens with zero attached hydrogens (tertiary/aromatic N) is 1. The second kappa shape index (κ2) is 6.25. The Morgan fingerprint density at radius 3 is 2.81 bits per heavy atom. The highest BCUT2D eigenvalue weighted by Gasteiger charge is 2.02. The molecule has 0 saturated carbocycles. The molecule has 0 atom stereocenters. The molecule has 4 nitrogen and oxygen atoms in total. The minimum absolute atomic E-state index is 0.187. The largest absolute Gasteiger partial charge is 0.399 e. The average molecular weight is 216 g/mol. The zero-order chi connectivity index (χ0) is 11.8. The minimum Gasteiger partial charge on any atom is -0.399 e. The van der Waals surface area contributed by atoms with Gasteiger partial charge in [0.1, 0.15) is 7.11 Å². The van der Waals surface area contributed by atoms with Crippen molar-refractivity contribution in [2.45, 2.75) is 0 Å². The Morgan fingerprint density at radius 2 is 2.25 bits per heavy atom. The van der Waals surface area contributed by atoms with Crippen molar-refractivity contribution < 1.29 is 9.63 Å². The molecule has 0 aliphatic rings. The van der Waals surface area contributed by atoms with Crippen molar-refractivity contribution in [3.8, 4) is 12.3 Å². The Bertz CT molecular complexity index is 416. The molecule has 0 heterocycles. The van der Waals surface area contributed by atoms with Gasteiger partial charge in [0.05, 0.1) is 12.8 Å². The van der Waals surface area contributed by atoms with Gasteiger partial charge < -0.3 is 10.2 Å². The molecule has 0 fully saturated rings. The van der Waals surface area contributed by atoms with E-state index in [9.17, 15) is 4.79 Å². The van der Waals surface area contributed by atoms with Gasteiger partial charge in [0.15, 0.2) is 0 Å². The molecule has 0 aliphatic heterocycles. The average Bonchev–Trinajstić information content (AvgIpc) is 2.34. The number of hydrogen-bond donors (Lipinski definition) is 1. The van der Waals surface area contributed by atoms with Gasteiger partial charge in [0, 0.05) is 5.56 Å². The Morgan fingerprint density at radius 1 is 1.56 bits per heavy atom. The second-order valence-electron chi connectivity index (χ2n) is 2.93. The first-order valence-corrected chi connectivity index (χ1v) is 4.66. The summed E-state index contributed by atoms with van der Waals surface area (Å²) in [6.45, 7) is 0.228. The molecule has 16 heavy (non-hydrogen) atoms. The van der Waals surface area contributed by atoms with Gasteiger partial charge in [-0.05, 0) is 17.7 Å². The number of hydrogen-bond acceptors (Lipinski definition) is 3. The number of oxime groups is 1. The van der Waals surface area contributed by atoms with Gasteiger partial charge in [-0.25, -0.2) is 0 Å². The Kier molecular flexibility index (Phi) is 4.61. The van der Waals surface area contributed by atoms with Crippen molar-refractivity contribution in [1.29, 1.82) is 0 Å². The standard InChI is InChI=1S/C12H12N2O2/c1-3-8-13-12(15)11-6-4-10(5-7-11)9-14-16-2/h1,4-7,9H,8H2,2H3,(H,13,15)/b14-9+. The van der Waals surface area contributed by atoms with Gasteiger partial charge in [-0.15, -0.1) is 6.42 Å². The van der Waals surface area contributed by atoms with Gasteiger partial charge in [0.2, 0.25) is 0 Å². The van der Waals surface area contributed by atoms with Gasteiger partial charge in [-0.1, -0.05) is 23.2 Å². The number of rotatable bonds is 4. The number of amides is 1. The molecule has 0 spiro atoms. The topological polar surface area (TPSA) is 50.7 Å². The van der Waals surface area contributed by atoms with E-state index in [1.54, 1.807) is 30.5 Å². The van der Waals surface area contributed by atoms with Crippen molar-refractivity contribution in [3.05, 3.63) is 35.4 Å². The molecule has 0 bridgehead atoms. The van der Waals surface area contributed by atoms with Crippen LogP contribution in [0.3, 0.4) is 0 Å². The third kappa shape index (κ3) is 3.46. The normalized spacial score (nSPS) is 9.75. The van der Waals surface area contributed by atoms with E-state index in [1.807, 2.05) is 0 Å². The molecule has 82 valence electrons. The lowest BCUT2D eigenvalue weighted by Crippen LogP contribution is -2.23. The van der Waals surface area contributed by atoms with Crippen molar-refractivity contribution in [2.75, 3.05) is 13.7 Å². The summed E-state index contributed by atoms with van der Waals surface area (Å²) in [7, 11) is 1.47. The summed E-state index contributed by atoms with van der Waals surface area (Å²) in [4.78, 5) is 16.0. The van der Waals surface area contributed by atoms with Crippen LogP contribution in [0.2, 0.25) is 0 Å². The first-order valence-electron chi connectivity index (χ1n) is 4.66. The predicted molar refractivity (Wildman–Crippen MR) is 62.2 cm³/mol. The quantitative estimate of drug-likeness (QED) is 0.464. The van der Waals surface area contributed by atoms with Gasteiger partial charge in [-0.3, -0.25) is 4.79 Å². The summed E-state index contributed by atoms with van der Waals surface area (Å²) in [6, 6.07) is 6.94. The predicted octanol–water partition coefficient (Wildman–Crippen LogP) is 1.03. The molecular weight excluding hydrogens is 204 g/mol. The molecule has 0 saturated heterocycles. The smallest absolute Gasteiger partial charge is 0.252 e. The molecule has 1 aromatic rings. The van der Waals surface area contributed by atoms with E-state index in [2.05, 4.69) is 21.2 Å². The van der Waals surface area contributed by atoms with E-state index in [-0.39, 0.29) is 12.5 Å². The highest BCUT2D eigenvalue weighted by molar-refractivity contribution is 5.95. The van der Waals surface area contributed by atoms with Crippen LogP contribution in [0, 0.1) is 12.3 Å². The third-order valence-corrected chi connectivity index (χ3v) is 1.83. The molecule has 0 radical (unpaired) electrons. The van der Waals surface area contributed by atoms with E-state index in [1.165, 1.54) is 7.11 Å². The van der Waals surface area contributed by atoms with Gasteiger partial charge in [0.25, 0.3) is 5.91 Å². The van der Waals surface area contributed by atoms with Crippen molar-refractivity contribution >= 4 is 12.1 Å². The van der Waals surface area contributed by atoms with E-state index >= 15 is 0 Å². The number of benzene rings is 1. The number of carbonyl (C=O) groups excluding carboxylic acids is 1. The summed E-state index contributed by atoms with van der Waals surface area (Å²) < 4.78 is 0. The summed E-state index contributed by atoms with van der Waals surface area (Å²) in [5.41, 5.74) is 1.42. The molecular formula is C12H12N2O2. The molecule has 0 unspecified atom stereocenters.